The number of nitrogens with two attached hydrogens (primary N) is 1. The zero-order valence-electron chi connectivity index (χ0n) is 11.7. The minimum Gasteiger partial charge on any atom is -0.271 e. The topological polar surface area (TPSA) is 38.0 Å². The summed E-state index contributed by atoms with van der Waals surface area (Å²) in [4.78, 5) is 0. The van der Waals surface area contributed by atoms with Crippen molar-refractivity contribution >= 4 is 11.6 Å². The summed E-state index contributed by atoms with van der Waals surface area (Å²) in [6.45, 7) is 0. The van der Waals surface area contributed by atoms with E-state index in [1.807, 2.05) is 12.1 Å². The Morgan fingerprint density at radius 3 is 2.43 bits per heavy atom. The maximum atomic E-state index is 14.2. The number of benzene rings is 2. The second-order valence-corrected chi connectivity index (χ2v) is 5.94. The summed E-state index contributed by atoms with van der Waals surface area (Å²) < 4.78 is 14.2. The van der Waals surface area contributed by atoms with Crippen LogP contribution in [-0.4, -0.2) is 0 Å². The molecule has 110 valence electrons. The SMILES string of the molecule is NNC(c1ccc(C2CCC2)cc1)c1cccc(Cl)c1F. The van der Waals surface area contributed by atoms with Crippen molar-refractivity contribution in [3.8, 4) is 0 Å². The molecule has 0 aromatic heterocycles. The lowest BCUT2D eigenvalue weighted by Gasteiger charge is -2.26. The predicted octanol–water partition coefficient (Wildman–Crippen LogP) is 4.30. The number of rotatable bonds is 4. The van der Waals surface area contributed by atoms with Gasteiger partial charge in [0.05, 0.1) is 11.1 Å². The van der Waals surface area contributed by atoms with Crippen LogP contribution < -0.4 is 11.3 Å². The zero-order chi connectivity index (χ0) is 14.8. The maximum Gasteiger partial charge on any atom is 0.146 e. The Kier molecular flexibility index (Phi) is 4.24. The van der Waals surface area contributed by atoms with E-state index in [2.05, 4.69) is 17.6 Å². The summed E-state index contributed by atoms with van der Waals surface area (Å²) in [5, 5.41) is 0.110. The van der Waals surface area contributed by atoms with Crippen molar-refractivity contribution in [1.29, 1.82) is 0 Å². The number of hydrogen-bond donors (Lipinski definition) is 2. The van der Waals surface area contributed by atoms with Crippen LogP contribution in [0.15, 0.2) is 42.5 Å². The smallest absolute Gasteiger partial charge is 0.146 e. The van der Waals surface area contributed by atoms with Crippen LogP contribution in [0.5, 0.6) is 0 Å². The lowest BCUT2D eigenvalue weighted by atomic mass is 9.79. The van der Waals surface area contributed by atoms with Crippen LogP contribution in [0, 0.1) is 5.82 Å². The fraction of sp³-hybridized carbons (Fsp3) is 0.294. The molecule has 1 atom stereocenters. The van der Waals surface area contributed by atoms with Crippen molar-refractivity contribution in [3.05, 3.63) is 70.0 Å². The Hall–Kier alpha value is -1.42. The van der Waals surface area contributed by atoms with Crippen LogP contribution in [0.3, 0.4) is 0 Å². The van der Waals surface area contributed by atoms with Gasteiger partial charge in [-0.05, 0) is 36.0 Å². The number of hydrogen-bond acceptors (Lipinski definition) is 2. The first-order valence-electron chi connectivity index (χ1n) is 7.20. The molecule has 2 aromatic carbocycles. The Morgan fingerprint density at radius 2 is 1.86 bits per heavy atom. The largest absolute Gasteiger partial charge is 0.271 e. The third kappa shape index (κ3) is 2.82. The van der Waals surface area contributed by atoms with Crippen molar-refractivity contribution in [2.45, 2.75) is 31.2 Å². The Balaban J connectivity index is 1.90. The van der Waals surface area contributed by atoms with Crippen molar-refractivity contribution < 1.29 is 4.39 Å². The summed E-state index contributed by atoms with van der Waals surface area (Å²) in [7, 11) is 0. The molecule has 1 fully saturated rings. The van der Waals surface area contributed by atoms with Crippen molar-refractivity contribution in [1.82, 2.24) is 5.43 Å². The lowest BCUT2D eigenvalue weighted by Crippen LogP contribution is -2.29. The molecule has 0 heterocycles. The minimum atomic E-state index is -0.426. The summed E-state index contributed by atoms with van der Waals surface area (Å²) in [6, 6.07) is 12.8. The molecule has 1 aliphatic carbocycles. The van der Waals surface area contributed by atoms with Gasteiger partial charge in [0, 0.05) is 5.56 Å². The van der Waals surface area contributed by atoms with E-state index in [1.54, 1.807) is 12.1 Å². The zero-order valence-corrected chi connectivity index (χ0v) is 12.4. The van der Waals surface area contributed by atoms with Crippen molar-refractivity contribution in [3.63, 3.8) is 0 Å². The Labute approximate surface area is 129 Å². The van der Waals surface area contributed by atoms with E-state index in [4.69, 9.17) is 17.4 Å². The van der Waals surface area contributed by atoms with E-state index in [0.717, 1.165) is 5.56 Å². The van der Waals surface area contributed by atoms with Crippen LogP contribution in [0.4, 0.5) is 4.39 Å². The monoisotopic (exact) mass is 304 g/mol. The van der Waals surface area contributed by atoms with Gasteiger partial charge in [0.25, 0.3) is 0 Å². The fourth-order valence-corrected chi connectivity index (χ4v) is 2.99. The summed E-state index contributed by atoms with van der Waals surface area (Å²) in [6.07, 6.45) is 3.84. The molecule has 0 amide bonds. The van der Waals surface area contributed by atoms with Gasteiger partial charge in [0.1, 0.15) is 5.82 Å². The van der Waals surface area contributed by atoms with Gasteiger partial charge in [-0.15, -0.1) is 0 Å². The van der Waals surface area contributed by atoms with Gasteiger partial charge in [-0.2, -0.15) is 0 Å². The average Bonchev–Trinajstić information content (AvgIpc) is 2.44. The molecule has 3 N–H and O–H groups in total. The first-order chi connectivity index (χ1) is 10.2. The standard InChI is InChI=1S/C17H18ClFN2/c18-15-6-2-5-14(16(15)19)17(21-20)13-9-7-12(8-10-13)11-3-1-4-11/h2,5-11,17,21H,1,3-4,20H2. The molecular weight excluding hydrogens is 287 g/mol. The average molecular weight is 305 g/mol. The fourth-order valence-electron chi connectivity index (χ4n) is 2.81. The molecule has 1 aliphatic rings. The Bertz CT molecular complexity index is 623. The number of nitrogens with one attached hydrogen (secondary N) is 1. The van der Waals surface area contributed by atoms with Gasteiger partial charge in [0.2, 0.25) is 0 Å². The van der Waals surface area contributed by atoms with Crippen LogP contribution in [-0.2, 0) is 0 Å². The molecule has 0 spiro atoms. The van der Waals surface area contributed by atoms with Gasteiger partial charge < -0.3 is 0 Å². The second-order valence-electron chi connectivity index (χ2n) is 5.54. The van der Waals surface area contributed by atoms with Crippen molar-refractivity contribution in [2.24, 2.45) is 5.84 Å². The van der Waals surface area contributed by atoms with E-state index in [1.165, 1.54) is 30.9 Å². The third-order valence-corrected chi connectivity index (χ3v) is 4.60. The molecule has 0 radical (unpaired) electrons. The molecule has 1 saturated carbocycles. The van der Waals surface area contributed by atoms with E-state index in [9.17, 15) is 4.39 Å². The molecule has 2 nitrogen and oxygen atoms in total. The molecule has 0 saturated heterocycles. The number of hydrazine groups is 1. The first-order valence-corrected chi connectivity index (χ1v) is 7.58. The first kappa shape index (κ1) is 14.5. The second kappa shape index (κ2) is 6.14. The molecular formula is C17H18ClFN2. The number of halogens is 2. The van der Waals surface area contributed by atoms with Crippen LogP contribution in [0.25, 0.3) is 0 Å². The van der Waals surface area contributed by atoms with E-state index in [-0.39, 0.29) is 5.02 Å². The molecule has 3 rings (SSSR count). The highest BCUT2D eigenvalue weighted by molar-refractivity contribution is 6.30. The quantitative estimate of drug-likeness (QED) is 0.653. The maximum absolute atomic E-state index is 14.2. The van der Waals surface area contributed by atoms with Gasteiger partial charge in [-0.3, -0.25) is 5.84 Å². The van der Waals surface area contributed by atoms with Crippen LogP contribution >= 0.6 is 11.6 Å². The highest BCUT2D eigenvalue weighted by Crippen LogP contribution is 2.37. The minimum absolute atomic E-state index is 0.110. The van der Waals surface area contributed by atoms with Crippen LogP contribution in [0.1, 0.15) is 47.9 Å². The van der Waals surface area contributed by atoms with Gasteiger partial charge in [-0.1, -0.05) is 54.4 Å². The normalized spacial score (nSPS) is 16.5. The predicted molar refractivity (Wildman–Crippen MR) is 83.6 cm³/mol. The molecule has 1 unspecified atom stereocenters. The lowest BCUT2D eigenvalue weighted by molar-refractivity contribution is 0.419. The van der Waals surface area contributed by atoms with Gasteiger partial charge in [0.15, 0.2) is 0 Å². The van der Waals surface area contributed by atoms with Crippen LogP contribution in [0.2, 0.25) is 5.02 Å². The van der Waals surface area contributed by atoms with Gasteiger partial charge in [-0.25, -0.2) is 9.82 Å². The van der Waals surface area contributed by atoms with Crippen molar-refractivity contribution in [2.75, 3.05) is 0 Å². The van der Waals surface area contributed by atoms with E-state index in [0.29, 0.717) is 11.5 Å². The molecule has 2 aromatic rings. The Morgan fingerprint density at radius 1 is 1.14 bits per heavy atom. The summed E-state index contributed by atoms with van der Waals surface area (Å²) in [5.74, 6) is 5.89. The van der Waals surface area contributed by atoms with Gasteiger partial charge >= 0.3 is 0 Å². The molecule has 4 heteroatoms. The summed E-state index contributed by atoms with van der Waals surface area (Å²) >= 11 is 5.85. The molecule has 0 aliphatic heterocycles. The van der Waals surface area contributed by atoms with E-state index >= 15 is 0 Å². The third-order valence-electron chi connectivity index (χ3n) is 4.31. The molecule has 21 heavy (non-hydrogen) atoms. The van der Waals surface area contributed by atoms with E-state index < -0.39 is 11.9 Å². The summed E-state index contributed by atoms with van der Waals surface area (Å²) in [5.41, 5.74) is 5.43. The highest BCUT2D eigenvalue weighted by atomic mass is 35.5. The molecule has 0 bridgehead atoms. The highest BCUT2D eigenvalue weighted by Gasteiger charge is 2.21.